The van der Waals surface area contributed by atoms with Crippen LogP contribution in [0.5, 0.6) is 5.75 Å². The summed E-state index contributed by atoms with van der Waals surface area (Å²) in [5.41, 5.74) is 1.17. The van der Waals surface area contributed by atoms with Crippen LogP contribution in [0, 0.1) is 0 Å². The zero-order chi connectivity index (χ0) is 18.5. The van der Waals surface area contributed by atoms with E-state index < -0.39 is 0 Å². The fourth-order valence-corrected chi connectivity index (χ4v) is 5.07. The van der Waals surface area contributed by atoms with Crippen LogP contribution in [0.15, 0.2) is 41.8 Å². The van der Waals surface area contributed by atoms with Crippen LogP contribution in [0.25, 0.3) is 0 Å². The van der Waals surface area contributed by atoms with E-state index in [1.54, 1.807) is 41.2 Å². The zero-order valence-corrected chi connectivity index (χ0v) is 16.9. The second kappa shape index (κ2) is 8.73. The van der Waals surface area contributed by atoms with E-state index >= 15 is 0 Å². The maximum Gasteiger partial charge on any atom is 0.242 e. The number of rotatable bonds is 7. The monoisotopic (exact) mass is 388 g/mol. The van der Waals surface area contributed by atoms with Crippen LogP contribution in [-0.2, 0) is 17.6 Å². The zero-order valence-electron chi connectivity index (χ0n) is 15.2. The van der Waals surface area contributed by atoms with E-state index in [0.717, 1.165) is 28.6 Å². The number of aryl methyl sites for hydroxylation is 2. The van der Waals surface area contributed by atoms with Crippen LogP contribution >= 0.6 is 23.1 Å². The highest BCUT2D eigenvalue weighted by Gasteiger charge is 2.26. The minimum absolute atomic E-state index is 0.0665. The molecule has 3 rings (SSSR count). The van der Waals surface area contributed by atoms with Crippen molar-refractivity contribution >= 4 is 34.1 Å². The summed E-state index contributed by atoms with van der Waals surface area (Å²) in [5, 5.41) is 0.605. The van der Waals surface area contributed by atoms with Crippen LogP contribution in [0.4, 0.5) is 5.13 Å². The molecule has 1 amide bonds. The molecule has 0 fully saturated rings. The summed E-state index contributed by atoms with van der Waals surface area (Å²) < 4.78 is 5.19. The summed E-state index contributed by atoms with van der Waals surface area (Å²) in [7, 11) is 1.65. The van der Waals surface area contributed by atoms with Gasteiger partial charge >= 0.3 is 0 Å². The summed E-state index contributed by atoms with van der Waals surface area (Å²) >= 11 is 3.21. The molecule has 0 saturated carbocycles. The van der Waals surface area contributed by atoms with Gasteiger partial charge in [-0.1, -0.05) is 6.08 Å². The van der Waals surface area contributed by atoms with E-state index in [1.807, 2.05) is 31.2 Å². The Labute approximate surface area is 163 Å². The minimum atomic E-state index is -0.204. The summed E-state index contributed by atoms with van der Waals surface area (Å²) in [6.45, 7) is 6.25. The molecule has 1 aromatic carbocycles. The number of benzene rings is 1. The molecule has 0 aliphatic heterocycles. The molecule has 1 heterocycles. The van der Waals surface area contributed by atoms with Crippen LogP contribution in [-0.4, -0.2) is 29.8 Å². The maximum atomic E-state index is 13.1. The third-order valence-corrected chi connectivity index (χ3v) is 6.64. The summed E-state index contributed by atoms with van der Waals surface area (Å²) in [4.78, 5) is 22.0. The molecule has 0 N–H and O–H groups in total. The van der Waals surface area contributed by atoms with E-state index in [4.69, 9.17) is 9.72 Å². The second-order valence-corrected chi connectivity index (χ2v) is 8.72. The quantitative estimate of drug-likeness (QED) is 0.508. The lowest BCUT2D eigenvalue weighted by Gasteiger charge is -2.22. The van der Waals surface area contributed by atoms with Gasteiger partial charge in [-0.25, -0.2) is 4.98 Å². The maximum absolute atomic E-state index is 13.1. The molecule has 4 nitrogen and oxygen atoms in total. The molecule has 0 bridgehead atoms. The molecule has 0 radical (unpaired) electrons. The van der Waals surface area contributed by atoms with Crippen LogP contribution in [0.3, 0.4) is 0 Å². The number of hydrogen-bond acceptors (Lipinski definition) is 5. The van der Waals surface area contributed by atoms with Gasteiger partial charge in [0, 0.05) is 16.3 Å². The Balaban J connectivity index is 1.74. The average molecular weight is 389 g/mol. The predicted octanol–water partition coefficient (Wildman–Crippen LogP) is 4.73. The third-order valence-electron chi connectivity index (χ3n) is 4.36. The normalized spacial score (nSPS) is 14.4. The standard InChI is InChI=1S/C20H24N2O2S2/c1-4-13-22(20-21-17-7-5-6-8-18(17)26-20)19(23)14(2)25-16-11-9-15(24-3)10-12-16/h4,9-12,14H,1,5-8,13H2,2-3H3. The number of methoxy groups -OCH3 is 1. The number of nitrogens with zero attached hydrogens (tertiary/aromatic N) is 2. The highest BCUT2D eigenvalue weighted by Crippen LogP contribution is 2.33. The highest BCUT2D eigenvalue weighted by atomic mass is 32.2. The molecule has 0 spiro atoms. The third kappa shape index (κ3) is 4.30. The largest absolute Gasteiger partial charge is 0.497 e. The molecule has 26 heavy (non-hydrogen) atoms. The first kappa shape index (κ1) is 19.0. The summed E-state index contributed by atoms with van der Waals surface area (Å²) in [6.07, 6.45) is 6.28. The van der Waals surface area contributed by atoms with Crippen molar-refractivity contribution in [2.24, 2.45) is 0 Å². The number of fused-ring (bicyclic) bond motifs is 1. The SMILES string of the molecule is C=CCN(C(=O)C(C)Sc1ccc(OC)cc1)c1nc2c(s1)CCCC2. The summed E-state index contributed by atoms with van der Waals surface area (Å²) in [6, 6.07) is 7.78. The van der Waals surface area contributed by atoms with Gasteiger partial charge in [0.05, 0.1) is 18.1 Å². The van der Waals surface area contributed by atoms with Gasteiger partial charge in [-0.2, -0.15) is 0 Å². The first-order valence-corrected chi connectivity index (χ1v) is 10.5. The van der Waals surface area contributed by atoms with Gasteiger partial charge in [0.25, 0.3) is 0 Å². The van der Waals surface area contributed by atoms with E-state index in [0.29, 0.717) is 6.54 Å². The van der Waals surface area contributed by atoms with E-state index in [-0.39, 0.29) is 11.2 Å². The van der Waals surface area contributed by atoms with E-state index in [2.05, 4.69) is 6.58 Å². The summed E-state index contributed by atoms with van der Waals surface area (Å²) in [5.74, 6) is 0.881. The first-order valence-electron chi connectivity index (χ1n) is 8.84. The molecule has 6 heteroatoms. The number of amides is 1. The Kier molecular flexibility index (Phi) is 6.38. The number of carbonyl (C=O) groups excluding carboxylic acids is 1. The smallest absolute Gasteiger partial charge is 0.242 e. The molecule has 1 atom stereocenters. The van der Waals surface area contributed by atoms with Crippen molar-refractivity contribution in [2.75, 3.05) is 18.6 Å². The molecule has 1 aliphatic carbocycles. The minimum Gasteiger partial charge on any atom is -0.497 e. The lowest BCUT2D eigenvalue weighted by Crippen LogP contribution is -2.36. The van der Waals surface area contributed by atoms with E-state index in [1.165, 1.54) is 23.4 Å². The predicted molar refractivity (Wildman–Crippen MR) is 110 cm³/mol. The Morgan fingerprint density at radius 2 is 2.12 bits per heavy atom. The van der Waals surface area contributed by atoms with E-state index in [9.17, 15) is 4.79 Å². The fraction of sp³-hybridized carbons (Fsp3) is 0.400. The molecule has 1 aromatic heterocycles. The number of ether oxygens (including phenoxy) is 1. The molecule has 2 aromatic rings. The highest BCUT2D eigenvalue weighted by molar-refractivity contribution is 8.00. The van der Waals surface area contributed by atoms with Crippen molar-refractivity contribution in [3.63, 3.8) is 0 Å². The molecule has 1 aliphatic rings. The molecule has 1 unspecified atom stereocenters. The number of carbonyl (C=O) groups is 1. The van der Waals surface area contributed by atoms with Crippen LogP contribution in [0.1, 0.15) is 30.3 Å². The Morgan fingerprint density at radius 1 is 1.38 bits per heavy atom. The lowest BCUT2D eigenvalue weighted by atomic mass is 10.0. The molecule has 0 saturated heterocycles. The van der Waals surface area contributed by atoms with Crippen molar-refractivity contribution in [2.45, 2.75) is 42.8 Å². The van der Waals surface area contributed by atoms with Crippen molar-refractivity contribution < 1.29 is 9.53 Å². The van der Waals surface area contributed by atoms with Crippen molar-refractivity contribution in [3.8, 4) is 5.75 Å². The van der Waals surface area contributed by atoms with Crippen molar-refractivity contribution in [3.05, 3.63) is 47.5 Å². The molecular formula is C20H24N2O2S2. The number of aromatic nitrogens is 1. The molecular weight excluding hydrogens is 364 g/mol. The fourth-order valence-electron chi connectivity index (χ4n) is 2.97. The number of thiazole rings is 1. The average Bonchev–Trinajstić information content (AvgIpc) is 3.10. The number of anilines is 1. The van der Waals surface area contributed by atoms with Gasteiger partial charge in [0.1, 0.15) is 5.75 Å². The van der Waals surface area contributed by atoms with Gasteiger partial charge in [-0.3, -0.25) is 9.69 Å². The molecule has 138 valence electrons. The second-order valence-electron chi connectivity index (χ2n) is 6.25. The Hall–Kier alpha value is -1.79. The number of hydrogen-bond donors (Lipinski definition) is 0. The van der Waals surface area contributed by atoms with Gasteiger partial charge in [-0.15, -0.1) is 29.7 Å². The van der Waals surface area contributed by atoms with Gasteiger partial charge in [0.2, 0.25) is 5.91 Å². The Bertz CT molecular complexity index is 747. The van der Waals surface area contributed by atoms with Crippen LogP contribution < -0.4 is 9.64 Å². The topological polar surface area (TPSA) is 42.4 Å². The number of thioether (sulfide) groups is 1. The van der Waals surface area contributed by atoms with Crippen LogP contribution in [0.2, 0.25) is 0 Å². The van der Waals surface area contributed by atoms with Gasteiger partial charge in [0.15, 0.2) is 5.13 Å². The van der Waals surface area contributed by atoms with Crippen molar-refractivity contribution in [1.82, 2.24) is 4.98 Å². The Morgan fingerprint density at radius 3 is 2.77 bits per heavy atom. The lowest BCUT2D eigenvalue weighted by molar-refractivity contribution is -0.117. The first-order chi connectivity index (χ1) is 12.6. The van der Waals surface area contributed by atoms with Crippen molar-refractivity contribution in [1.29, 1.82) is 0 Å². The van der Waals surface area contributed by atoms with Gasteiger partial charge in [-0.05, 0) is 56.9 Å². The van der Waals surface area contributed by atoms with Gasteiger partial charge < -0.3 is 4.74 Å².